The first kappa shape index (κ1) is 12.7. The Morgan fingerprint density at radius 1 is 0.818 bits per heavy atom. The largest absolute Gasteiger partial charge is 0.457 e. The quantitative estimate of drug-likeness (QED) is 0.445. The van der Waals surface area contributed by atoms with Gasteiger partial charge in [0.15, 0.2) is 0 Å². The summed E-state index contributed by atoms with van der Waals surface area (Å²) < 4.78 is 6.05. The molecule has 22 heavy (non-hydrogen) atoms. The average Bonchev–Trinajstić information content (AvgIpc) is 2.59. The molecule has 0 saturated heterocycles. The standard InChI is InChI=1S/C21H14O/c1-2-15-10-12-16(13-11-15)18-7-5-9-21-19(18)14-17-6-3-4-8-20(17)22-21/h1,3-13H,14H2. The summed E-state index contributed by atoms with van der Waals surface area (Å²) in [4.78, 5) is 0. The average molecular weight is 282 g/mol. The molecule has 0 fully saturated rings. The zero-order valence-corrected chi connectivity index (χ0v) is 12.0. The van der Waals surface area contributed by atoms with Crippen LogP contribution < -0.4 is 4.74 Å². The van der Waals surface area contributed by atoms with Gasteiger partial charge in [0.1, 0.15) is 11.5 Å². The van der Waals surface area contributed by atoms with Gasteiger partial charge in [0, 0.05) is 17.5 Å². The zero-order chi connectivity index (χ0) is 14.9. The number of terminal acetylenes is 1. The number of fused-ring (bicyclic) bond motifs is 2. The Kier molecular flexibility index (Phi) is 2.95. The monoisotopic (exact) mass is 282 g/mol. The lowest BCUT2D eigenvalue weighted by Gasteiger charge is -2.22. The summed E-state index contributed by atoms with van der Waals surface area (Å²) in [6.45, 7) is 0. The van der Waals surface area contributed by atoms with Gasteiger partial charge < -0.3 is 4.74 Å². The molecule has 1 heteroatoms. The van der Waals surface area contributed by atoms with Gasteiger partial charge in [0.05, 0.1) is 0 Å². The lowest BCUT2D eigenvalue weighted by Crippen LogP contribution is -2.04. The van der Waals surface area contributed by atoms with E-state index in [1.54, 1.807) is 0 Å². The third-order valence-corrected chi connectivity index (χ3v) is 4.06. The van der Waals surface area contributed by atoms with E-state index in [-0.39, 0.29) is 0 Å². The molecule has 0 aromatic heterocycles. The van der Waals surface area contributed by atoms with Crippen molar-refractivity contribution >= 4 is 0 Å². The molecule has 0 N–H and O–H groups in total. The normalized spacial score (nSPS) is 11.8. The van der Waals surface area contributed by atoms with Crippen molar-refractivity contribution in [3.8, 4) is 35.0 Å². The summed E-state index contributed by atoms with van der Waals surface area (Å²) >= 11 is 0. The van der Waals surface area contributed by atoms with E-state index in [0.717, 1.165) is 23.5 Å². The summed E-state index contributed by atoms with van der Waals surface area (Å²) in [5.74, 6) is 4.55. The number of ether oxygens (including phenoxy) is 1. The first-order chi connectivity index (χ1) is 10.8. The van der Waals surface area contributed by atoms with Crippen LogP contribution in [0.1, 0.15) is 16.7 Å². The van der Waals surface area contributed by atoms with Gasteiger partial charge in [-0.3, -0.25) is 0 Å². The van der Waals surface area contributed by atoms with Gasteiger partial charge in [0.2, 0.25) is 0 Å². The van der Waals surface area contributed by atoms with E-state index >= 15 is 0 Å². The third kappa shape index (κ3) is 2.06. The van der Waals surface area contributed by atoms with E-state index in [4.69, 9.17) is 11.2 Å². The van der Waals surface area contributed by atoms with Crippen LogP contribution in [0.25, 0.3) is 11.1 Å². The molecular formula is C21H14O. The second kappa shape index (κ2) is 5.09. The molecule has 0 saturated carbocycles. The Hall–Kier alpha value is -2.98. The van der Waals surface area contributed by atoms with E-state index in [2.05, 4.69) is 36.3 Å². The van der Waals surface area contributed by atoms with E-state index in [9.17, 15) is 0 Å². The van der Waals surface area contributed by atoms with Crippen LogP contribution in [0.15, 0.2) is 66.7 Å². The molecule has 1 nitrogen and oxygen atoms in total. The molecule has 1 heterocycles. The van der Waals surface area contributed by atoms with Crippen LogP contribution in [-0.2, 0) is 6.42 Å². The topological polar surface area (TPSA) is 9.23 Å². The van der Waals surface area contributed by atoms with Gasteiger partial charge >= 0.3 is 0 Å². The SMILES string of the molecule is C#Cc1ccc(-c2cccc3c2Cc2ccccc2O3)cc1. The van der Waals surface area contributed by atoms with E-state index in [1.165, 1.54) is 22.3 Å². The van der Waals surface area contributed by atoms with Crippen molar-refractivity contribution in [1.29, 1.82) is 0 Å². The second-order valence-electron chi connectivity index (χ2n) is 5.39. The van der Waals surface area contributed by atoms with Crippen LogP contribution in [0.2, 0.25) is 0 Å². The van der Waals surface area contributed by atoms with Gasteiger partial charge in [0.25, 0.3) is 0 Å². The molecule has 0 atom stereocenters. The number of rotatable bonds is 1. The summed E-state index contributed by atoms with van der Waals surface area (Å²) in [6, 6.07) is 22.5. The summed E-state index contributed by atoms with van der Waals surface area (Å²) in [7, 11) is 0. The fourth-order valence-corrected chi connectivity index (χ4v) is 2.92. The maximum absolute atomic E-state index is 6.05. The highest BCUT2D eigenvalue weighted by Crippen LogP contribution is 2.40. The molecule has 0 radical (unpaired) electrons. The fraction of sp³-hybridized carbons (Fsp3) is 0.0476. The molecule has 0 amide bonds. The van der Waals surface area contributed by atoms with E-state index in [0.29, 0.717) is 0 Å². The van der Waals surface area contributed by atoms with Crippen molar-refractivity contribution in [3.05, 3.63) is 83.4 Å². The van der Waals surface area contributed by atoms with E-state index in [1.807, 2.05) is 36.4 Å². The molecule has 0 spiro atoms. The van der Waals surface area contributed by atoms with Crippen LogP contribution in [0.4, 0.5) is 0 Å². The number of benzene rings is 3. The first-order valence-corrected chi connectivity index (χ1v) is 7.30. The van der Waals surface area contributed by atoms with Crippen molar-refractivity contribution in [1.82, 2.24) is 0 Å². The zero-order valence-electron chi connectivity index (χ0n) is 12.0. The van der Waals surface area contributed by atoms with Crippen LogP contribution in [0, 0.1) is 12.3 Å². The van der Waals surface area contributed by atoms with Crippen molar-refractivity contribution in [3.63, 3.8) is 0 Å². The Morgan fingerprint density at radius 3 is 2.41 bits per heavy atom. The summed E-state index contributed by atoms with van der Waals surface area (Å²) in [6.07, 6.45) is 6.32. The van der Waals surface area contributed by atoms with Gasteiger partial charge in [-0.1, -0.05) is 48.4 Å². The third-order valence-electron chi connectivity index (χ3n) is 4.06. The molecule has 0 unspecified atom stereocenters. The fourth-order valence-electron chi connectivity index (χ4n) is 2.92. The van der Waals surface area contributed by atoms with Crippen molar-refractivity contribution < 1.29 is 4.74 Å². The molecular weight excluding hydrogens is 268 g/mol. The molecule has 3 aromatic carbocycles. The van der Waals surface area contributed by atoms with Crippen LogP contribution in [-0.4, -0.2) is 0 Å². The Morgan fingerprint density at radius 2 is 1.59 bits per heavy atom. The van der Waals surface area contributed by atoms with Gasteiger partial charge in [-0.2, -0.15) is 0 Å². The van der Waals surface area contributed by atoms with Crippen molar-refractivity contribution in [2.75, 3.05) is 0 Å². The van der Waals surface area contributed by atoms with Crippen molar-refractivity contribution in [2.45, 2.75) is 6.42 Å². The highest BCUT2D eigenvalue weighted by Gasteiger charge is 2.19. The van der Waals surface area contributed by atoms with Crippen LogP contribution in [0.5, 0.6) is 11.5 Å². The predicted molar refractivity (Wildman–Crippen MR) is 89.1 cm³/mol. The maximum atomic E-state index is 6.05. The maximum Gasteiger partial charge on any atom is 0.131 e. The smallest absolute Gasteiger partial charge is 0.131 e. The minimum atomic E-state index is 0.887. The van der Waals surface area contributed by atoms with Gasteiger partial charge in [-0.15, -0.1) is 6.42 Å². The molecule has 104 valence electrons. The molecule has 0 bridgehead atoms. The van der Waals surface area contributed by atoms with Crippen molar-refractivity contribution in [2.24, 2.45) is 0 Å². The number of hydrogen-bond acceptors (Lipinski definition) is 1. The Bertz CT molecular complexity index is 883. The first-order valence-electron chi connectivity index (χ1n) is 7.30. The molecule has 1 aliphatic heterocycles. The van der Waals surface area contributed by atoms with Gasteiger partial charge in [-0.05, 0) is 41.0 Å². The Balaban J connectivity index is 1.82. The molecule has 0 aliphatic carbocycles. The number of hydrogen-bond donors (Lipinski definition) is 0. The highest BCUT2D eigenvalue weighted by atomic mass is 16.5. The summed E-state index contributed by atoms with van der Waals surface area (Å²) in [5.41, 5.74) is 5.72. The molecule has 1 aliphatic rings. The lowest BCUT2D eigenvalue weighted by molar-refractivity contribution is 0.460. The molecule has 4 rings (SSSR count). The van der Waals surface area contributed by atoms with Gasteiger partial charge in [-0.25, -0.2) is 0 Å². The predicted octanol–water partition coefficient (Wildman–Crippen LogP) is 5.03. The Labute approximate surface area is 130 Å². The highest BCUT2D eigenvalue weighted by molar-refractivity contribution is 5.72. The van der Waals surface area contributed by atoms with Crippen LogP contribution >= 0.6 is 0 Å². The second-order valence-corrected chi connectivity index (χ2v) is 5.39. The van der Waals surface area contributed by atoms with Crippen LogP contribution in [0.3, 0.4) is 0 Å². The molecule has 3 aromatic rings. The minimum absolute atomic E-state index is 0.887. The lowest BCUT2D eigenvalue weighted by atomic mass is 9.92. The van der Waals surface area contributed by atoms with E-state index < -0.39 is 0 Å². The number of para-hydroxylation sites is 1. The summed E-state index contributed by atoms with van der Waals surface area (Å²) in [5, 5.41) is 0. The minimum Gasteiger partial charge on any atom is -0.457 e.